The Hall–Kier alpha value is -1.59. The number of carbonyl (C=O) groups is 2. The van der Waals surface area contributed by atoms with Crippen LogP contribution in [0.2, 0.25) is 5.02 Å². The van der Waals surface area contributed by atoms with Crippen LogP contribution in [0.3, 0.4) is 0 Å². The Kier molecular flexibility index (Phi) is 3.58. The molecule has 1 N–H and O–H groups in total. The fraction of sp³-hybridized carbons (Fsp3) is 0.529. The zero-order valence-corrected chi connectivity index (χ0v) is 13.6. The van der Waals surface area contributed by atoms with E-state index in [2.05, 4.69) is 5.32 Å². The maximum Gasteiger partial charge on any atom is 0.325 e. The molecule has 0 radical (unpaired) electrons. The van der Waals surface area contributed by atoms with Gasteiger partial charge < -0.3 is 10.1 Å². The molecule has 2 aliphatic heterocycles. The lowest BCUT2D eigenvalue weighted by atomic mass is 9.92. The van der Waals surface area contributed by atoms with Crippen LogP contribution < -0.4 is 5.32 Å². The van der Waals surface area contributed by atoms with Gasteiger partial charge in [0.05, 0.1) is 6.10 Å². The molecule has 2 heterocycles. The van der Waals surface area contributed by atoms with Gasteiger partial charge in [-0.2, -0.15) is 0 Å². The first-order valence-corrected chi connectivity index (χ1v) is 8.52. The first-order valence-electron chi connectivity index (χ1n) is 8.15. The quantitative estimate of drug-likeness (QED) is 0.864. The molecule has 3 aliphatic rings. The highest BCUT2D eigenvalue weighted by atomic mass is 35.5. The summed E-state index contributed by atoms with van der Waals surface area (Å²) < 4.78 is 5.59. The van der Waals surface area contributed by atoms with Gasteiger partial charge in [-0.3, -0.25) is 9.69 Å². The molecular weight excluding hydrogens is 316 g/mol. The van der Waals surface area contributed by atoms with Gasteiger partial charge in [0, 0.05) is 18.2 Å². The Labute approximate surface area is 139 Å². The topological polar surface area (TPSA) is 58.6 Å². The Bertz CT molecular complexity index is 672. The average molecular weight is 335 g/mol. The summed E-state index contributed by atoms with van der Waals surface area (Å²) in [5.41, 5.74) is 1.04. The van der Waals surface area contributed by atoms with E-state index in [1.165, 1.54) is 4.90 Å². The molecular formula is C17H19ClN2O3. The number of amides is 3. The van der Waals surface area contributed by atoms with Gasteiger partial charge in [-0.15, -0.1) is 0 Å². The molecule has 122 valence electrons. The van der Waals surface area contributed by atoms with Crippen molar-refractivity contribution in [1.29, 1.82) is 0 Å². The van der Waals surface area contributed by atoms with Crippen LogP contribution in [0.25, 0.3) is 0 Å². The molecule has 0 bridgehead atoms. The smallest absolute Gasteiger partial charge is 0.325 e. The number of nitrogens with one attached hydrogen (secondary N) is 1. The maximum atomic E-state index is 13.0. The van der Waals surface area contributed by atoms with Crippen molar-refractivity contribution in [3.63, 3.8) is 0 Å². The fourth-order valence-electron chi connectivity index (χ4n) is 3.97. The minimum absolute atomic E-state index is 0.137. The van der Waals surface area contributed by atoms with E-state index in [9.17, 15) is 9.59 Å². The molecule has 1 aromatic rings. The number of fused-ring (bicyclic) bond motifs is 2. The number of rotatable bonds is 3. The predicted molar refractivity (Wildman–Crippen MR) is 85.3 cm³/mol. The molecule has 2 atom stereocenters. The van der Waals surface area contributed by atoms with Crippen molar-refractivity contribution in [1.82, 2.24) is 10.2 Å². The maximum absolute atomic E-state index is 13.0. The average Bonchev–Trinajstić information content (AvgIpc) is 3.20. The first kappa shape index (κ1) is 15.0. The van der Waals surface area contributed by atoms with E-state index < -0.39 is 5.54 Å². The highest BCUT2D eigenvalue weighted by Crippen LogP contribution is 2.42. The summed E-state index contributed by atoms with van der Waals surface area (Å²) >= 11 is 6.04. The van der Waals surface area contributed by atoms with Crippen LogP contribution in [0.4, 0.5) is 4.79 Å². The van der Waals surface area contributed by atoms with Crippen molar-refractivity contribution in [2.45, 2.75) is 43.7 Å². The molecule has 4 rings (SSSR count). The van der Waals surface area contributed by atoms with Crippen molar-refractivity contribution in [2.24, 2.45) is 0 Å². The van der Waals surface area contributed by atoms with E-state index in [1.54, 1.807) is 6.07 Å². The molecule has 1 aromatic carbocycles. The first-order chi connectivity index (χ1) is 11.1. The molecule has 0 saturated carbocycles. The van der Waals surface area contributed by atoms with Crippen LogP contribution in [-0.2, 0) is 21.5 Å². The summed E-state index contributed by atoms with van der Waals surface area (Å²) in [7, 11) is 0. The van der Waals surface area contributed by atoms with Gasteiger partial charge in [0.2, 0.25) is 0 Å². The number of benzene rings is 1. The van der Waals surface area contributed by atoms with Crippen molar-refractivity contribution >= 4 is 23.5 Å². The molecule has 0 aromatic heterocycles. The summed E-state index contributed by atoms with van der Waals surface area (Å²) in [6, 6.07) is 5.24. The van der Waals surface area contributed by atoms with Gasteiger partial charge in [-0.1, -0.05) is 17.7 Å². The molecule has 2 fully saturated rings. The van der Waals surface area contributed by atoms with Crippen LogP contribution >= 0.6 is 11.6 Å². The predicted octanol–water partition coefficient (Wildman–Crippen LogP) is 2.60. The van der Waals surface area contributed by atoms with Crippen molar-refractivity contribution in [2.75, 3.05) is 13.2 Å². The number of halogens is 1. The Balaban J connectivity index is 1.56. The number of nitrogens with zero attached hydrogens (tertiary/aromatic N) is 1. The Morgan fingerprint density at radius 2 is 2.26 bits per heavy atom. The Morgan fingerprint density at radius 1 is 1.39 bits per heavy atom. The monoisotopic (exact) mass is 334 g/mol. The van der Waals surface area contributed by atoms with Crippen molar-refractivity contribution in [3.8, 4) is 0 Å². The highest BCUT2D eigenvalue weighted by molar-refractivity contribution is 6.30. The van der Waals surface area contributed by atoms with Crippen LogP contribution in [0.5, 0.6) is 0 Å². The zero-order chi connectivity index (χ0) is 16.0. The molecule has 6 heteroatoms. The third kappa shape index (κ3) is 2.34. The largest absolute Gasteiger partial charge is 0.378 e. The van der Waals surface area contributed by atoms with E-state index in [-0.39, 0.29) is 18.0 Å². The van der Waals surface area contributed by atoms with E-state index in [0.29, 0.717) is 24.4 Å². The van der Waals surface area contributed by atoms with Crippen molar-refractivity contribution in [3.05, 3.63) is 34.3 Å². The zero-order valence-electron chi connectivity index (χ0n) is 12.8. The highest BCUT2D eigenvalue weighted by Gasteiger charge is 2.55. The lowest BCUT2D eigenvalue weighted by molar-refractivity contribution is -0.131. The van der Waals surface area contributed by atoms with Gasteiger partial charge >= 0.3 is 6.03 Å². The molecule has 2 saturated heterocycles. The van der Waals surface area contributed by atoms with Crippen molar-refractivity contribution < 1.29 is 14.3 Å². The summed E-state index contributed by atoms with van der Waals surface area (Å²) in [6.45, 7) is 1.20. The Morgan fingerprint density at radius 3 is 3.04 bits per heavy atom. The van der Waals surface area contributed by atoms with Gasteiger partial charge in [0.1, 0.15) is 5.54 Å². The van der Waals surface area contributed by atoms with Crippen LogP contribution in [0, 0.1) is 0 Å². The normalized spacial score (nSPS) is 29.4. The molecule has 5 nitrogen and oxygen atoms in total. The summed E-state index contributed by atoms with van der Waals surface area (Å²) in [6.07, 6.45) is 4.30. The van der Waals surface area contributed by atoms with Gasteiger partial charge in [0.25, 0.3) is 5.91 Å². The summed E-state index contributed by atoms with van der Waals surface area (Å²) in [4.78, 5) is 26.7. The lowest BCUT2D eigenvalue weighted by Gasteiger charge is -2.22. The van der Waals surface area contributed by atoms with Gasteiger partial charge in [-0.05, 0) is 55.4 Å². The number of aryl methyl sites for hydroxylation is 1. The summed E-state index contributed by atoms with van der Waals surface area (Å²) in [5, 5.41) is 3.59. The second-order valence-corrected chi connectivity index (χ2v) is 6.95. The van der Waals surface area contributed by atoms with E-state index in [0.717, 1.165) is 37.0 Å². The molecule has 23 heavy (non-hydrogen) atoms. The second kappa shape index (κ2) is 5.49. The number of imide groups is 1. The minimum atomic E-state index is -0.895. The van der Waals surface area contributed by atoms with Crippen LogP contribution in [0.1, 0.15) is 36.8 Å². The SMILES string of the molecule is O=C1N[C@@]2(CCc3cc(Cl)ccc32)C(=O)N1CC[C@@H]1CCCO1. The number of carbonyl (C=O) groups excluding carboxylic acids is 2. The van der Waals surface area contributed by atoms with Gasteiger partial charge in [-0.25, -0.2) is 4.79 Å². The van der Waals surface area contributed by atoms with E-state index in [1.807, 2.05) is 12.1 Å². The standard InChI is InChI=1S/C17H19ClN2O3/c18-12-3-4-14-11(10-12)5-7-17(14)15(21)20(16(22)19-17)8-6-13-2-1-9-23-13/h3-4,10,13H,1-2,5-9H2,(H,19,22)/t13-,17+/m0/s1. The van der Waals surface area contributed by atoms with Gasteiger partial charge in [0.15, 0.2) is 0 Å². The van der Waals surface area contributed by atoms with E-state index >= 15 is 0 Å². The van der Waals surface area contributed by atoms with E-state index in [4.69, 9.17) is 16.3 Å². The second-order valence-electron chi connectivity index (χ2n) is 6.52. The number of ether oxygens (including phenoxy) is 1. The minimum Gasteiger partial charge on any atom is -0.378 e. The third-order valence-electron chi connectivity index (χ3n) is 5.17. The number of urea groups is 1. The molecule has 0 unspecified atom stereocenters. The molecule has 1 aliphatic carbocycles. The number of hydrogen-bond acceptors (Lipinski definition) is 3. The molecule has 3 amide bonds. The third-order valence-corrected chi connectivity index (χ3v) is 5.41. The number of hydrogen-bond donors (Lipinski definition) is 1. The molecule has 1 spiro atoms. The fourth-order valence-corrected chi connectivity index (χ4v) is 4.16. The van der Waals surface area contributed by atoms with Crippen LogP contribution in [0.15, 0.2) is 18.2 Å². The van der Waals surface area contributed by atoms with Crippen LogP contribution in [-0.4, -0.2) is 36.1 Å². The summed E-state index contributed by atoms with van der Waals surface area (Å²) in [5.74, 6) is -0.137. The lowest BCUT2D eigenvalue weighted by Crippen LogP contribution is -2.42.